The SMILES string of the molecule is S=c1[nH]c2c(n1-c1ccccc1)NCCCCC2. The molecule has 0 fully saturated rings. The van der Waals surface area contributed by atoms with Gasteiger partial charge in [0.25, 0.3) is 0 Å². The van der Waals surface area contributed by atoms with Crippen LogP contribution in [0.25, 0.3) is 5.69 Å². The van der Waals surface area contributed by atoms with Crippen LogP contribution >= 0.6 is 12.2 Å². The van der Waals surface area contributed by atoms with Crippen LogP contribution in [0.5, 0.6) is 0 Å². The van der Waals surface area contributed by atoms with Gasteiger partial charge >= 0.3 is 0 Å². The van der Waals surface area contributed by atoms with E-state index in [1.165, 1.54) is 25.0 Å². The summed E-state index contributed by atoms with van der Waals surface area (Å²) in [4.78, 5) is 3.35. The first-order valence-corrected chi connectivity index (χ1v) is 6.90. The van der Waals surface area contributed by atoms with Crippen LogP contribution < -0.4 is 5.32 Å². The zero-order valence-electron chi connectivity index (χ0n) is 10.3. The number of fused-ring (bicyclic) bond motifs is 1. The summed E-state index contributed by atoms with van der Waals surface area (Å²) >= 11 is 5.46. The molecule has 3 nitrogen and oxygen atoms in total. The maximum Gasteiger partial charge on any atom is 0.183 e. The van der Waals surface area contributed by atoms with Gasteiger partial charge in [0.05, 0.1) is 5.69 Å². The zero-order valence-corrected chi connectivity index (χ0v) is 11.1. The standard InChI is InChI=1S/C14H17N3S/c18-14-16-12-9-5-2-6-10-15-13(12)17(14)11-7-3-1-4-8-11/h1,3-4,7-8,15H,2,5-6,9-10H2,(H,16,18). The molecule has 0 bridgehead atoms. The Balaban J connectivity index is 2.12. The van der Waals surface area contributed by atoms with Gasteiger partial charge in [-0.15, -0.1) is 0 Å². The lowest BCUT2D eigenvalue weighted by atomic mass is 10.1. The Bertz CT molecular complexity index is 583. The number of aromatic nitrogens is 2. The molecule has 1 aromatic carbocycles. The summed E-state index contributed by atoms with van der Waals surface area (Å²) in [6, 6.07) is 10.3. The molecule has 94 valence electrons. The molecule has 2 aromatic rings. The number of benzene rings is 1. The van der Waals surface area contributed by atoms with Crippen LogP contribution in [0, 0.1) is 4.77 Å². The van der Waals surface area contributed by atoms with E-state index < -0.39 is 0 Å². The normalized spacial score (nSPS) is 15.3. The van der Waals surface area contributed by atoms with Crippen LogP contribution in [0.1, 0.15) is 25.0 Å². The number of nitrogens with zero attached hydrogens (tertiary/aromatic N) is 1. The summed E-state index contributed by atoms with van der Waals surface area (Å²) in [6.45, 7) is 1.02. The van der Waals surface area contributed by atoms with E-state index in [0.717, 1.165) is 29.2 Å². The first-order valence-electron chi connectivity index (χ1n) is 6.49. The Hall–Kier alpha value is -1.55. The van der Waals surface area contributed by atoms with Gasteiger partial charge in [0.15, 0.2) is 4.77 Å². The topological polar surface area (TPSA) is 32.8 Å². The molecule has 1 aliphatic rings. The number of hydrogen-bond donors (Lipinski definition) is 2. The molecule has 0 atom stereocenters. The number of aromatic amines is 1. The van der Waals surface area contributed by atoms with Crippen LogP contribution in [-0.2, 0) is 6.42 Å². The second-order valence-electron chi connectivity index (χ2n) is 4.67. The number of rotatable bonds is 1. The van der Waals surface area contributed by atoms with Gasteiger partial charge in [-0.05, 0) is 43.6 Å². The van der Waals surface area contributed by atoms with Crippen LogP contribution in [0.15, 0.2) is 30.3 Å². The van der Waals surface area contributed by atoms with Crippen LogP contribution in [0.3, 0.4) is 0 Å². The predicted molar refractivity (Wildman–Crippen MR) is 77.0 cm³/mol. The molecule has 18 heavy (non-hydrogen) atoms. The summed E-state index contributed by atoms with van der Waals surface area (Å²) in [7, 11) is 0. The largest absolute Gasteiger partial charge is 0.370 e. The van der Waals surface area contributed by atoms with Crippen molar-refractivity contribution in [1.82, 2.24) is 9.55 Å². The summed E-state index contributed by atoms with van der Waals surface area (Å²) in [5.74, 6) is 1.14. The Morgan fingerprint density at radius 3 is 2.72 bits per heavy atom. The molecular formula is C14H17N3S. The average molecular weight is 259 g/mol. The second-order valence-corrected chi connectivity index (χ2v) is 5.05. The first kappa shape index (κ1) is 11.5. The highest BCUT2D eigenvalue weighted by Gasteiger charge is 2.14. The van der Waals surface area contributed by atoms with Crippen LogP contribution in [-0.4, -0.2) is 16.1 Å². The monoisotopic (exact) mass is 259 g/mol. The zero-order chi connectivity index (χ0) is 12.4. The molecular weight excluding hydrogens is 242 g/mol. The van der Waals surface area contributed by atoms with E-state index >= 15 is 0 Å². The summed E-state index contributed by atoms with van der Waals surface area (Å²) in [5, 5.41) is 3.52. The molecule has 0 unspecified atom stereocenters. The minimum Gasteiger partial charge on any atom is -0.370 e. The van der Waals surface area contributed by atoms with Gasteiger partial charge in [-0.1, -0.05) is 24.6 Å². The number of aryl methyl sites for hydroxylation is 1. The fourth-order valence-corrected chi connectivity index (χ4v) is 2.80. The summed E-state index contributed by atoms with van der Waals surface area (Å²) < 4.78 is 2.89. The quantitative estimate of drug-likeness (QED) is 0.766. The molecule has 1 aliphatic heterocycles. The van der Waals surface area contributed by atoms with E-state index in [-0.39, 0.29) is 0 Å². The molecule has 1 aromatic heterocycles. The molecule has 2 heterocycles. The minimum atomic E-state index is 0.778. The molecule has 0 saturated carbocycles. The second kappa shape index (κ2) is 4.98. The molecule has 0 radical (unpaired) electrons. The average Bonchev–Trinajstić information content (AvgIpc) is 2.66. The van der Waals surface area contributed by atoms with Crippen molar-refractivity contribution in [2.24, 2.45) is 0 Å². The van der Waals surface area contributed by atoms with Gasteiger partial charge in [-0.3, -0.25) is 4.57 Å². The van der Waals surface area contributed by atoms with Crippen molar-refractivity contribution in [3.8, 4) is 5.69 Å². The Labute approximate surface area is 112 Å². The number of imidazole rings is 1. The number of H-pyrrole nitrogens is 1. The summed E-state index contributed by atoms with van der Waals surface area (Å²) in [5.41, 5.74) is 2.36. The van der Waals surface area contributed by atoms with Gasteiger partial charge in [-0.25, -0.2) is 0 Å². The number of nitrogens with one attached hydrogen (secondary N) is 2. The smallest absolute Gasteiger partial charge is 0.183 e. The molecule has 4 heteroatoms. The summed E-state index contributed by atoms with van der Waals surface area (Å²) in [6.07, 6.45) is 4.82. The molecule has 0 spiro atoms. The van der Waals surface area contributed by atoms with Crippen LogP contribution in [0.4, 0.5) is 5.82 Å². The van der Waals surface area contributed by atoms with Crippen LogP contribution in [0.2, 0.25) is 0 Å². The maximum atomic E-state index is 5.46. The highest BCUT2D eigenvalue weighted by atomic mass is 32.1. The van der Waals surface area contributed by atoms with Crippen molar-refractivity contribution in [2.45, 2.75) is 25.7 Å². The van der Waals surface area contributed by atoms with E-state index in [2.05, 4.69) is 27.0 Å². The molecule has 0 amide bonds. The van der Waals surface area contributed by atoms with E-state index in [0.29, 0.717) is 0 Å². The lowest BCUT2D eigenvalue weighted by molar-refractivity contribution is 0.677. The number of anilines is 1. The number of para-hydroxylation sites is 1. The maximum absolute atomic E-state index is 5.46. The van der Waals surface area contributed by atoms with Crippen molar-refractivity contribution < 1.29 is 0 Å². The fraction of sp³-hybridized carbons (Fsp3) is 0.357. The molecule has 0 aliphatic carbocycles. The molecule has 3 rings (SSSR count). The van der Waals surface area contributed by atoms with E-state index in [1.807, 2.05) is 18.2 Å². The lowest BCUT2D eigenvalue weighted by Gasteiger charge is -2.15. The number of hydrogen-bond acceptors (Lipinski definition) is 2. The van der Waals surface area contributed by atoms with Gasteiger partial charge in [0.1, 0.15) is 5.82 Å². The van der Waals surface area contributed by atoms with E-state index in [1.54, 1.807) is 0 Å². The highest BCUT2D eigenvalue weighted by Crippen LogP contribution is 2.24. The molecule has 2 N–H and O–H groups in total. The van der Waals surface area contributed by atoms with Gasteiger partial charge in [0.2, 0.25) is 0 Å². The third-order valence-electron chi connectivity index (χ3n) is 3.38. The minimum absolute atomic E-state index is 0.778. The molecule has 0 saturated heterocycles. The van der Waals surface area contributed by atoms with Gasteiger partial charge in [-0.2, -0.15) is 0 Å². The Morgan fingerprint density at radius 2 is 1.89 bits per heavy atom. The van der Waals surface area contributed by atoms with Crippen molar-refractivity contribution in [2.75, 3.05) is 11.9 Å². The Morgan fingerprint density at radius 1 is 1.06 bits per heavy atom. The lowest BCUT2D eigenvalue weighted by Crippen LogP contribution is -2.11. The van der Waals surface area contributed by atoms with Crippen molar-refractivity contribution >= 4 is 18.0 Å². The van der Waals surface area contributed by atoms with E-state index in [4.69, 9.17) is 12.2 Å². The third-order valence-corrected chi connectivity index (χ3v) is 3.67. The fourth-order valence-electron chi connectivity index (χ4n) is 2.48. The van der Waals surface area contributed by atoms with Crippen molar-refractivity contribution in [1.29, 1.82) is 0 Å². The van der Waals surface area contributed by atoms with E-state index in [9.17, 15) is 0 Å². The third kappa shape index (κ3) is 2.08. The van der Waals surface area contributed by atoms with Gasteiger partial charge < -0.3 is 10.3 Å². The first-order chi connectivity index (χ1) is 8.86. The highest BCUT2D eigenvalue weighted by molar-refractivity contribution is 7.71. The van der Waals surface area contributed by atoms with Crippen molar-refractivity contribution in [3.63, 3.8) is 0 Å². The van der Waals surface area contributed by atoms with Gasteiger partial charge in [0, 0.05) is 12.2 Å². The van der Waals surface area contributed by atoms with Crippen molar-refractivity contribution in [3.05, 3.63) is 40.8 Å². The predicted octanol–water partition coefficient (Wildman–Crippen LogP) is 3.67. The Kier molecular flexibility index (Phi) is 3.19.